The van der Waals surface area contributed by atoms with E-state index in [2.05, 4.69) is 9.47 Å². The predicted octanol–water partition coefficient (Wildman–Crippen LogP) is 2.06. The SMILES string of the molecule is O=C(Oc1cccc(F)c1)C1(C(F)(F)F)CO1. The normalized spacial score (nSPS) is 23.3. The molecule has 7 heteroatoms. The highest BCUT2D eigenvalue weighted by molar-refractivity contribution is 5.85. The van der Waals surface area contributed by atoms with Crippen LogP contribution in [0.1, 0.15) is 0 Å². The predicted molar refractivity (Wildman–Crippen MR) is 46.8 cm³/mol. The summed E-state index contributed by atoms with van der Waals surface area (Å²) in [5.74, 6) is -2.60. The molecule has 1 aliphatic heterocycles. The molecular formula is C10H6F4O3. The van der Waals surface area contributed by atoms with E-state index in [0.717, 1.165) is 12.1 Å². The minimum absolute atomic E-state index is 0.297. The molecule has 1 unspecified atom stereocenters. The molecule has 0 amide bonds. The Hall–Kier alpha value is -1.63. The van der Waals surface area contributed by atoms with E-state index in [0.29, 0.717) is 0 Å². The summed E-state index contributed by atoms with van der Waals surface area (Å²) in [6.07, 6.45) is -4.84. The molecule has 92 valence electrons. The molecule has 0 aliphatic carbocycles. The lowest BCUT2D eigenvalue weighted by Gasteiger charge is -2.14. The Kier molecular flexibility index (Phi) is 2.57. The quantitative estimate of drug-likeness (QED) is 0.349. The van der Waals surface area contributed by atoms with Crippen molar-refractivity contribution in [2.45, 2.75) is 11.8 Å². The number of alkyl halides is 3. The average Bonchev–Trinajstić information content (AvgIpc) is 2.96. The van der Waals surface area contributed by atoms with Gasteiger partial charge in [0.1, 0.15) is 11.6 Å². The summed E-state index contributed by atoms with van der Waals surface area (Å²) >= 11 is 0. The second-order valence-electron chi connectivity index (χ2n) is 3.46. The number of ether oxygens (including phenoxy) is 2. The molecule has 0 N–H and O–H groups in total. The molecule has 0 aromatic heterocycles. The Morgan fingerprint density at radius 1 is 1.41 bits per heavy atom. The molecule has 1 atom stereocenters. The second-order valence-corrected chi connectivity index (χ2v) is 3.46. The zero-order valence-corrected chi connectivity index (χ0v) is 8.25. The molecule has 3 nitrogen and oxygen atoms in total. The smallest absolute Gasteiger partial charge is 0.424 e. The molecule has 0 radical (unpaired) electrons. The number of carbonyl (C=O) groups excluding carboxylic acids is 1. The van der Waals surface area contributed by atoms with Crippen molar-refractivity contribution in [3.8, 4) is 5.75 Å². The van der Waals surface area contributed by atoms with Crippen molar-refractivity contribution in [3.05, 3.63) is 30.1 Å². The lowest BCUT2D eigenvalue weighted by molar-refractivity contribution is -0.198. The van der Waals surface area contributed by atoms with Crippen molar-refractivity contribution in [2.75, 3.05) is 6.61 Å². The minimum atomic E-state index is -4.84. The number of hydrogen-bond acceptors (Lipinski definition) is 3. The van der Waals surface area contributed by atoms with Gasteiger partial charge in [-0.25, -0.2) is 9.18 Å². The van der Waals surface area contributed by atoms with Crippen LogP contribution in [0.15, 0.2) is 24.3 Å². The first kappa shape index (κ1) is 11.8. The summed E-state index contributed by atoms with van der Waals surface area (Å²) < 4.78 is 58.6. The van der Waals surface area contributed by atoms with Crippen LogP contribution in [0.2, 0.25) is 0 Å². The molecule has 0 bridgehead atoms. The third kappa shape index (κ3) is 2.10. The van der Waals surface area contributed by atoms with Gasteiger partial charge in [0.25, 0.3) is 5.60 Å². The van der Waals surface area contributed by atoms with Gasteiger partial charge >= 0.3 is 12.1 Å². The van der Waals surface area contributed by atoms with Gasteiger partial charge in [0.05, 0.1) is 6.61 Å². The first-order chi connectivity index (χ1) is 7.85. The van der Waals surface area contributed by atoms with Gasteiger partial charge in [-0.2, -0.15) is 13.2 Å². The van der Waals surface area contributed by atoms with E-state index in [1.807, 2.05) is 0 Å². The second kappa shape index (κ2) is 3.69. The molecule has 0 spiro atoms. The van der Waals surface area contributed by atoms with Crippen molar-refractivity contribution in [1.29, 1.82) is 0 Å². The summed E-state index contributed by atoms with van der Waals surface area (Å²) in [7, 11) is 0. The number of rotatable bonds is 2. The van der Waals surface area contributed by atoms with Crippen LogP contribution in [-0.2, 0) is 9.53 Å². The van der Waals surface area contributed by atoms with Gasteiger partial charge in [-0.05, 0) is 12.1 Å². The number of esters is 1. The first-order valence-electron chi connectivity index (χ1n) is 4.54. The zero-order chi connectivity index (χ0) is 12.7. The van der Waals surface area contributed by atoms with Crippen molar-refractivity contribution >= 4 is 5.97 Å². The molecule has 0 saturated carbocycles. The highest BCUT2D eigenvalue weighted by Gasteiger charge is 2.73. The molecule has 1 saturated heterocycles. The Balaban J connectivity index is 2.13. The number of benzene rings is 1. The average molecular weight is 250 g/mol. The van der Waals surface area contributed by atoms with Gasteiger partial charge in [0, 0.05) is 6.07 Å². The molecule has 1 aromatic carbocycles. The number of epoxide rings is 1. The molecule has 1 aromatic rings. The largest absolute Gasteiger partial charge is 0.430 e. The molecule has 17 heavy (non-hydrogen) atoms. The highest BCUT2D eigenvalue weighted by Crippen LogP contribution is 2.44. The minimum Gasteiger partial charge on any atom is -0.424 e. The summed E-state index contributed by atoms with van der Waals surface area (Å²) in [6.45, 7) is -0.773. The Morgan fingerprint density at radius 2 is 2.06 bits per heavy atom. The van der Waals surface area contributed by atoms with Gasteiger partial charge in [-0.1, -0.05) is 6.07 Å². The van der Waals surface area contributed by atoms with Crippen LogP contribution >= 0.6 is 0 Å². The van der Waals surface area contributed by atoms with Gasteiger partial charge < -0.3 is 9.47 Å². The third-order valence-corrected chi connectivity index (χ3v) is 2.23. The summed E-state index contributed by atoms with van der Waals surface area (Å²) in [5.41, 5.74) is -2.89. The Labute approximate surface area is 92.9 Å². The van der Waals surface area contributed by atoms with Crippen LogP contribution in [0.4, 0.5) is 17.6 Å². The van der Waals surface area contributed by atoms with Crippen LogP contribution in [0.3, 0.4) is 0 Å². The van der Waals surface area contributed by atoms with Crippen LogP contribution in [0.5, 0.6) is 5.75 Å². The fourth-order valence-electron chi connectivity index (χ4n) is 1.19. The maximum Gasteiger partial charge on any atom is 0.430 e. The summed E-state index contributed by atoms with van der Waals surface area (Å²) in [6, 6.07) is 4.27. The topological polar surface area (TPSA) is 38.8 Å². The van der Waals surface area contributed by atoms with E-state index >= 15 is 0 Å². The van der Waals surface area contributed by atoms with Crippen LogP contribution in [-0.4, -0.2) is 24.4 Å². The van der Waals surface area contributed by atoms with Crippen molar-refractivity contribution in [1.82, 2.24) is 0 Å². The first-order valence-corrected chi connectivity index (χ1v) is 4.54. The maximum atomic E-state index is 12.7. The van der Waals surface area contributed by atoms with Crippen LogP contribution in [0.25, 0.3) is 0 Å². The standard InChI is InChI=1S/C10H6F4O3/c11-6-2-1-3-7(4-6)17-8(15)9(5-16-9)10(12,13)14/h1-4H,5H2. The van der Waals surface area contributed by atoms with E-state index in [1.54, 1.807) is 0 Å². The van der Waals surface area contributed by atoms with E-state index in [9.17, 15) is 22.4 Å². The fraction of sp³-hybridized carbons (Fsp3) is 0.300. The summed E-state index contributed by atoms with van der Waals surface area (Å²) in [4.78, 5) is 11.3. The number of halogens is 4. The van der Waals surface area contributed by atoms with Gasteiger partial charge in [-0.15, -0.1) is 0 Å². The Bertz CT molecular complexity index is 451. The molecule has 1 fully saturated rings. The number of carbonyl (C=O) groups is 1. The lowest BCUT2D eigenvalue weighted by atomic mass is 10.1. The van der Waals surface area contributed by atoms with Crippen molar-refractivity contribution < 1.29 is 31.8 Å². The molecule has 1 heterocycles. The monoisotopic (exact) mass is 250 g/mol. The van der Waals surface area contributed by atoms with Gasteiger partial charge in [-0.3, -0.25) is 0 Å². The van der Waals surface area contributed by atoms with E-state index in [1.165, 1.54) is 12.1 Å². The van der Waals surface area contributed by atoms with Gasteiger partial charge in [0.15, 0.2) is 0 Å². The molecular weight excluding hydrogens is 244 g/mol. The van der Waals surface area contributed by atoms with E-state index in [4.69, 9.17) is 0 Å². The Morgan fingerprint density at radius 3 is 2.53 bits per heavy atom. The highest BCUT2D eigenvalue weighted by atomic mass is 19.4. The fourth-order valence-corrected chi connectivity index (χ4v) is 1.19. The third-order valence-electron chi connectivity index (χ3n) is 2.23. The van der Waals surface area contributed by atoms with Crippen LogP contribution in [0, 0.1) is 5.82 Å². The molecule has 1 aliphatic rings. The zero-order valence-electron chi connectivity index (χ0n) is 8.25. The lowest BCUT2D eigenvalue weighted by Crippen LogP contribution is -2.43. The molecule has 2 rings (SSSR count). The van der Waals surface area contributed by atoms with E-state index in [-0.39, 0.29) is 5.75 Å². The van der Waals surface area contributed by atoms with Crippen molar-refractivity contribution in [3.63, 3.8) is 0 Å². The summed E-state index contributed by atoms with van der Waals surface area (Å²) in [5, 5.41) is 0. The maximum absolute atomic E-state index is 12.7. The number of hydrogen-bond donors (Lipinski definition) is 0. The van der Waals surface area contributed by atoms with Crippen LogP contribution < -0.4 is 4.74 Å². The van der Waals surface area contributed by atoms with E-state index < -0.39 is 30.2 Å². The van der Waals surface area contributed by atoms with Gasteiger partial charge in [0.2, 0.25) is 0 Å². The van der Waals surface area contributed by atoms with Crippen molar-refractivity contribution in [2.24, 2.45) is 0 Å².